The van der Waals surface area contributed by atoms with E-state index in [4.69, 9.17) is 4.74 Å². The average Bonchev–Trinajstić information content (AvgIpc) is 3.07. The van der Waals surface area contributed by atoms with Crippen LogP contribution in [0.2, 0.25) is 0 Å². The number of amides is 2. The Kier molecular flexibility index (Phi) is 5.07. The number of para-hydroxylation sites is 1. The molecule has 8 nitrogen and oxygen atoms in total. The number of nitrogens with one attached hydrogen (secondary N) is 1. The Bertz CT molecular complexity index is 880. The van der Waals surface area contributed by atoms with Gasteiger partial charge in [0.15, 0.2) is 0 Å². The van der Waals surface area contributed by atoms with Crippen LogP contribution >= 0.6 is 0 Å². The van der Waals surface area contributed by atoms with E-state index in [1.165, 1.54) is 18.2 Å². The molecule has 1 atom stereocenters. The molecule has 0 bridgehead atoms. The van der Waals surface area contributed by atoms with Gasteiger partial charge in [0.05, 0.1) is 19.0 Å². The number of anilines is 3. The Labute approximate surface area is 156 Å². The number of hydrogen-bond acceptors (Lipinski definition) is 6. The van der Waals surface area contributed by atoms with E-state index in [0.717, 1.165) is 5.82 Å². The highest BCUT2D eigenvalue weighted by Gasteiger charge is 2.39. The van der Waals surface area contributed by atoms with Gasteiger partial charge in [0.25, 0.3) is 0 Å². The van der Waals surface area contributed by atoms with E-state index in [1.807, 2.05) is 19.0 Å². The van der Waals surface area contributed by atoms with Gasteiger partial charge in [-0.2, -0.15) is 0 Å². The maximum Gasteiger partial charge on any atom is 0.316 e. The summed E-state index contributed by atoms with van der Waals surface area (Å²) in [5.41, 5.74) is 1.62. The lowest BCUT2D eigenvalue weighted by atomic mass is 10.0. The van der Waals surface area contributed by atoms with Gasteiger partial charge >= 0.3 is 17.8 Å². The highest BCUT2D eigenvalue weighted by Crippen LogP contribution is 2.36. The van der Waals surface area contributed by atoms with E-state index in [0.29, 0.717) is 16.9 Å². The first-order chi connectivity index (χ1) is 12.9. The summed E-state index contributed by atoms with van der Waals surface area (Å²) >= 11 is 0. The van der Waals surface area contributed by atoms with Crippen LogP contribution in [0.3, 0.4) is 0 Å². The summed E-state index contributed by atoms with van der Waals surface area (Å²) in [4.78, 5) is 44.4. The third kappa shape index (κ3) is 3.59. The van der Waals surface area contributed by atoms with Crippen LogP contribution in [-0.4, -0.2) is 50.5 Å². The minimum Gasteiger partial charge on any atom is -0.468 e. The molecule has 2 amide bonds. The van der Waals surface area contributed by atoms with E-state index in [2.05, 4.69) is 10.3 Å². The highest BCUT2D eigenvalue weighted by atomic mass is 16.5. The van der Waals surface area contributed by atoms with Crippen molar-refractivity contribution in [1.82, 2.24) is 4.98 Å². The fourth-order valence-corrected chi connectivity index (χ4v) is 2.98. The number of esters is 1. The van der Waals surface area contributed by atoms with Crippen molar-refractivity contribution in [2.45, 2.75) is 5.92 Å². The van der Waals surface area contributed by atoms with Crippen LogP contribution in [0.25, 0.3) is 0 Å². The zero-order chi connectivity index (χ0) is 19.6. The monoisotopic (exact) mass is 368 g/mol. The number of carbonyl (C=O) groups is 3. The van der Waals surface area contributed by atoms with Crippen molar-refractivity contribution in [3.05, 3.63) is 48.2 Å². The molecule has 140 valence electrons. The second-order valence-electron chi connectivity index (χ2n) is 6.30. The summed E-state index contributed by atoms with van der Waals surface area (Å²) in [7, 11) is 5.01. The molecular formula is C19H20N4O4. The molecule has 1 N–H and O–H groups in total. The molecule has 0 aliphatic carbocycles. The lowest BCUT2D eigenvalue weighted by Gasteiger charge is -2.17. The molecule has 0 spiro atoms. The summed E-state index contributed by atoms with van der Waals surface area (Å²) in [5.74, 6) is -1.86. The zero-order valence-electron chi connectivity index (χ0n) is 15.3. The molecule has 0 fully saturated rings. The summed E-state index contributed by atoms with van der Waals surface area (Å²) in [6.07, 6.45) is 1.48. The molecule has 1 aromatic carbocycles. The lowest BCUT2D eigenvalue weighted by Crippen LogP contribution is -2.39. The first-order valence-electron chi connectivity index (χ1n) is 8.35. The number of methoxy groups -OCH3 is 1. The molecule has 0 saturated carbocycles. The average molecular weight is 368 g/mol. The maximum absolute atomic E-state index is 12.7. The lowest BCUT2D eigenvalue weighted by molar-refractivity contribution is -0.142. The summed E-state index contributed by atoms with van der Waals surface area (Å²) in [6.45, 7) is 0.0656. The summed E-state index contributed by atoms with van der Waals surface area (Å²) < 4.78 is 4.82. The van der Waals surface area contributed by atoms with Gasteiger partial charge in [-0.3, -0.25) is 14.4 Å². The number of carbonyl (C=O) groups excluding carboxylic acids is 3. The van der Waals surface area contributed by atoms with Gasteiger partial charge in [-0.1, -0.05) is 18.2 Å². The number of fused-ring (bicyclic) bond motifs is 1. The van der Waals surface area contributed by atoms with Crippen molar-refractivity contribution in [3.8, 4) is 0 Å². The quantitative estimate of drug-likeness (QED) is 0.650. The minimum atomic E-state index is -0.797. The molecule has 3 rings (SSSR count). The molecule has 1 aliphatic rings. The van der Waals surface area contributed by atoms with Crippen LogP contribution in [0.15, 0.2) is 42.6 Å². The predicted molar refractivity (Wildman–Crippen MR) is 101 cm³/mol. The van der Waals surface area contributed by atoms with Gasteiger partial charge in [0.1, 0.15) is 11.7 Å². The molecule has 2 aromatic rings. The van der Waals surface area contributed by atoms with Gasteiger partial charge < -0.3 is 19.9 Å². The van der Waals surface area contributed by atoms with E-state index in [-0.39, 0.29) is 6.54 Å². The molecule has 2 heterocycles. The van der Waals surface area contributed by atoms with Crippen molar-refractivity contribution in [3.63, 3.8) is 0 Å². The second kappa shape index (κ2) is 7.45. The molecule has 1 unspecified atom stereocenters. The Hall–Kier alpha value is -3.42. The van der Waals surface area contributed by atoms with Gasteiger partial charge in [-0.25, -0.2) is 4.98 Å². The number of benzene rings is 1. The molecule has 8 heteroatoms. The first-order valence-corrected chi connectivity index (χ1v) is 8.35. The second-order valence-corrected chi connectivity index (χ2v) is 6.30. The number of hydrogen-bond donors (Lipinski definition) is 1. The zero-order valence-corrected chi connectivity index (χ0v) is 15.3. The predicted octanol–water partition coefficient (Wildman–Crippen LogP) is 1.39. The van der Waals surface area contributed by atoms with E-state index in [1.54, 1.807) is 36.4 Å². The van der Waals surface area contributed by atoms with Crippen LogP contribution in [0.4, 0.5) is 17.2 Å². The van der Waals surface area contributed by atoms with Crippen LogP contribution in [0.1, 0.15) is 11.5 Å². The standard InChI is InChI=1S/C19H20N4O4/c1-22(2)16-9-8-12(10-20-16)21-17(24)18(25)23-11-14(19(26)27-3)13-6-4-5-7-15(13)23/h4-10,14H,11H2,1-3H3,(H,21,24). The van der Waals surface area contributed by atoms with E-state index >= 15 is 0 Å². The number of pyridine rings is 1. The topological polar surface area (TPSA) is 91.8 Å². The van der Waals surface area contributed by atoms with Gasteiger partial charge in [0, 0.05) is 26.3 Å². The Morgan fingerprint density at radius 1 is 1.19 bits per heavy atom. The van der Waals surface area contributed by atoms with Crippen LogP contribution in [-0.2, 0) is 19.1 Å². The third-order valence-electron chi connectivity index (χ3n) is 4.36. The molecule has 1 aromatic heterocycles. The highest BCUT2D eigenvalue weighted by molar-refractivity contribution is 6.44. The van der Waals surface area contributed by atoms with Crippen LogP contribution in [0.5, 0.6) is 0 Å². The normalized spacial score (nSPS) is 15.1. The summed E-state index contributed by atoms with van der Waals surface area (Å²) in [6, 6.07) is 10.4. The van der Waals surface area contributed by atoms with Gasteiger partial charge in [-0.15, -0.1) is 0 Å². The summed E-state index contributed by atoms with van der Waals surface area (Å²) in [5, 5.41) is 2.55. The fraction of sp³-hybridized carbons (Fsp3) is 0.263. The SMILES string of the molecule is COC(=O)C1CN(C(=O)C(=O)Nc2ccc(N(C)C)nc2)c2ccccc21. The van der Waals surface area contributed by atoms with Gasteiger partial charge in [0.2, 0.25) is 0 Å². The van der Waals surface area contributed by atoms with Crippen molar-refractivity contribution in [1.29, 1.82) is 0 Å². The Balaban J connectivity index is 1.77. The fourth-order valence-electron chi connectivity index (χ4n) is 2.98. The van der Waals surface area contributed by atoms with Crippen molar-refractivity contribution in [2.24, 2.45) is 0 Å². The molecule has 0 radical (unpaired) electrons. The van der Waals surface area contributed by atoms with E-state index in [9.17, 15) is 14.4 Å². The molecule has 27 heavy (non-hydrogen) atoms. The number of aromatic nitrogens is 1. The molecular weight excluding hydrogens is 348 g/mol. The maximum atomic E-state index is 12.7. The van der Waals surface area contributed by atoms with Crippen LogP contribution in [0, 0.1) is 0 Å². The largest absolute Gasteiger partial charge is 0.468 e. The minimum absolute atomic E-state index is 0.0656. The van der Waals surface area contributed by atoms with Crippen LogP contribution < -0.4 is 15.1 Å². The molecule has 0 saturated heterocycles. The number of rotatable bonds is 3. The van der Waals surface area contributed by atoms with Crippen molar-refractivity contribution in [2.75, 3.05) is 42.9 Å². The first kappa shape index (κ1) is 18.4. The number of nitrogens with zero attached hydrogens (tertiary/aromatic N) is 3. The Morgan fingerprint density at radius 2 is 1.93 bits per heavy atom. The van der Waals surface area contributed by atoms with E-state index < -0.39 is 23.7 Å². The van der Waals surface area contributed by atoms with Crippen molar-refractivity contribution >= 4 is 35.0 Å². The smallest absolute Gasteiger partial charge is 0.316 e. The number of ether oxygens (including phenoxy) is 1. The third-order valence-corrected chi connectivity index (χ3v) is 4.36. The molecule has 1 aliphatic heterocycles. The van der Waals surface area contributed by atoms with Gasteiger partial charge in [-0.05, 0) is 23.8 Å². The van der Waals surface area contributed by atoms with Crippen molar-refractivity contribution < 1.29 is 19.1 Å². The Morgan fingerprint density at radius 3 is 2.56 bits per heavy atom.